The van der Waals surface area contributed by atoms with E-state index in [1.54, 1.807) is 6.07 Å². The fourth-order valence-corrected chi connectivity index (χ4v) is 4.91. The molecule has 10 heteroatoms. The molecule has 3 fully saturated rings. The Labute approximate surface area is 156 Å². The highest BCUT2D eigenvalue weighted by Crippen LogP contribution is 2.37. The number of anilines is 1. The van der Waals surface area contributed by atoms with Gasteiger partial charge in [0.1, 0.15) is 11.4 Å². The number of hydrogen-bond donors (Lipinski definition) is 1. The number of carbonyl (C=O) groups is 1. The Morgan fingerprint density at radius 2 is 2.04 bits per heavy atom. The van der Waals surface area contributed by atoms with Gasteiger partial charge >= 0.3 is 0 Å². The second-order valence-electron chi connectivity index (χ2n) is 7.56. The first-order valence-electron chi connectivity index (χ1n) is 8.99. The third-order valence-electron chi connectivity index (χ3n) is 4.98. The van der Waals surface area contributed by atoms with E-state index in [-0.39, 0.29) is 23.1 Å². The van der Waals surface area contributed by atoms with Gasteiger partial charge in [0.2, 0.25) is 5.88 Å². The minimum absolute atomic E-state index is 0.0588. The number of aromatic nitrogens is 1. The number of sulfone groups is 1. The first-order chi connectivity index (χ1) is 12.7. The van der Waals surface area contributed by atoms with Crippen LogP contribution in [0.1, 0.15) is 29.8 Å². The normalized spacial score (nSPS) is 25.7. The zero-order valence-electron chi connectivity index (χ0n) is 14.7. The smallest absolute Gasteiger partial charge is 0.282 e. The van der Waals surface area contributed by atoms with Crippen molar-refractivity contribution in [2.45, 2.75) is 31.2 Å². The Kier molecular flexibility index (Phi) is 4.48. The molecular weight excluding hydrogens is 380 g/mol. The zero-order chi connectivity index (χ0) is 19.2. The van der Waals surface area contributed by atoms with Crippen LogP contribution in [0.15, 0.2) is 12.1 Å². The van der Waals surface area contributed by atoms with E-state index in [1.165, 1.54) is 11.0 Å². The lowest BCUT2D eigenvalue weighted by Gasteiger charge is -2.40. The van der Waals surface area contributed by atoms with E-state index < -0.39 is 40.8 Å². The Morgan fingerprint density at radius 1 is 1.30 bits per heavy atom. The first-order valence-corrected chi connectivity index (χ1v) is 10.8. The van der Waals surface area contributed by atoms with Gasteiger partial charge in [0, 0.05) is 6.04 Å². The summed E-state index contributed by atoms with van der Waals surface area (Å²) < 4.78 is 55.2. The summed E-state index contributed by atoms with van der Waals surface area (Å²) in [6, 6.07) is 2.58. The Balaban J connectivity index is 1.49. The summed E-state index contributed by atoms with van der Waals surface area (Å²) >= 11 is 0. The number of pyridine rings is 1. The maximum absolute atomic E-state index is 13.2. The molecule has 1 aliphatic carbocycles. The molecule has 3 aliphatic rings. The summed E-state index contributed by atoms with van der Waals surface area (Å²) in [7, 11) is -3.10. The summed E-state index contributed by atoms with van der Waals surface area (Å²) in [5, 5.41) is 2.68. The lowest BCUT2D eigenvalue weighted by molar-refractivity contribution is -0.0265. The van der Waals surface area contributed by atoms with Crippen molar-refractivity contribution >= 4 is 21.4 Å². The van der Waals surface area contributed by atoms with Crippen molar-refractivity contribution in [2.75, 3.05) is 36.1 Å². The van der Waals surface area contributed by atoms with E-state index in [1.807, 2.05) is 0 Å². The van der Waals surface area contributed by atoms with Gasteiger partial charge in [-0.1, -0.05) is 0 Å². The van der Waals surface area contributed by atoms with E-state index in [4.69, 9.17) is 4.74 Å². The average molecular weight is 401 g/mol. The predicted octanol–water partition coefficient (Wildman–Crippen LogP) is 1.24. The number of hydrogen-bond acceptors (Lipinski definition) is 6. The third kappa shape index (κ3) is 4.31. The SMILES string of the molecule is O=C(NC1CCS(=O)(=O)C1)c1ccc(N2CC(F)(F)C2)c(OCC2CC2)n1. The number of carbonyl (C=O) groups excluding carboxylic acids is 1. The van der Waals surface area contributed by atoms with Crippen LogP contribution in [0, 0.1) is 5.92 Å². The molecule has 148 valence electrons. The lowest BCUT2D eigenvalue weighted by atomic mass is 10.1. The van der Waals surface area contributed by atoms with E-state index >= 15 is 0 Å². The van der Waals surface area contributed by atoms with E-state index in [9.17, 15) is 22.0 Å². The van der Waals surface area contributed by atoms with Crippen LogP contribution in [-0.4, -0.2) is 62.5 Å². The molecular formula is C17H21F2N3O4S. The summed E-state index contributed by atoms with van der Waals surface area (Å²) in [6.45, 7) is -0.365. The van der Waals surface area contributed by atoms with Crippen LogP contribution >= 0.6 is 0 Å². The van der Waals surface area contributed by atoms with E-state index in [2.05, 4.69) is 10.3 Å². The van der Waals surface area contributed by atoms with Crippen molar-refractivity contribution in [2.24, 2.45) is 5.92 Å². The lowest BCUT2D eigenvalue weighted by Crippen LogP contribution is -2.56. The molecule has 1 atom stereocenters. The number of halogens is 2. The van der Waals surface area contributed by atoms with Crippen molar-refractivity contribution in [1.82, 2.24) is 10.3 Å². The van der Waals surface area contributed by atoms with Crippen molar-refractivity contribution in [3.63, 3.8) is 0 Å². The molecule has 27 heavy (non-hydrogen) atoms. The molecule has 1 aromatic heterocycles. The molecule has 1 amide bonds. The zero-order valence-corrected chi connectivity index (χ0v) is 15.5. The van der Waals surface area contributed by atoms with Crippen LogP contribution in [0.2, 0.25) is 0 Å². The highest BCUT2D eigenvalue weighted by Gasteiger charge is 2.45. The molecule has 0 bridgehead atoms. The number of rotatable bonds is 6. The van der Waals surface area contributed by atoms with Gasteiger partial charge in [0.05, 0.1) is 31.2 Å². The van der Waals surface area contributed by atoms with Gasteiger partial charge in [-0.3, -0.25) is 4.79 Å². The van der Waals surface area contributed by atoms with Gasteiger partial charge in [0.25, 0.3) is 11.8 Å². The number of nitrogens with one attached hydrogen (secondary N) is 1. The summed E-state index contributed by atoms with van der Waals surface area (Å²) in [6.07, 6.45) is 2.50. The summed E-state index contributed by atoms with van der Waals surface area (Å²) in [5.41, 5.74) is 0.530. The molecule has 0 radical (unpaired) electrons. The number of ether oxygens (including phenoxy) is 1. The van der Waals surface area contributed by atoms with Crippen LogP contribution < -0.4 is 15.0 Å². The number of nitrogens with zero attached hydrogens (tertiary/aromatic N) is 2. The van der Waals surface area contributed by atoms with Gasteiger partial charge < -0.3 is 15.0 Å². The second kappa shape index (κ2) is 6.57. The topological polar surface area (TPSA) is 88.6 Å². The molecule has 1 aromatic rings. The maximum Gasteiger partial charge on any atom is 0.282 e. The van der Waals surface area contributed by atoms with Gasteiger partial charge in [-0.15, -0.1) is 0 Å². The second-order valence-corrected chi connectivity index (χ2v) is 9.79. The minimum Gasteiger partial charge on any atom is -0.476 e. The molecule has 3 heterocycles. The van der Waals surface area contributed by atoms with Crippen LogP contribution in [0.25, 0.3) is 0 Å². The molecule has 2 saturated heterocycles. The van der Waals surface area contributed by atoms with Crippen molar-refractivity contribution < 1.29 is 26.7 Å². The Hall–Kier alpha value is -1.97. The predicted molar refractivity (Wildman–Crippen MR) is 94.1 cm³/mol. The molecule has 2 aliphatic heterocycles. The molecule has 1 unspecified atom stereocenters. The maximum atomic E-state index is 13.2. The summed E-state index contributed by atoms with van der Waals surface area (Å²) in [4.78, 5) is 18.1. The van der Waals surface area contributed by atoms with Crippen LogP contribution in [0.5, 0.6) is 5.88 Å². The quantitative estimate of drug-likeness (QED) is 0.772. The standard InChI is InChI=1S/C17H21F2N3O4S/c18-17(19)9-22(10-17)14-4-3-13(21-16(14)26-7-11-1-2-11)15(23)20-12-5-6-27(24,25)8-12/h3-4,11-12H,1-2,5-10H2,(H,20,23). The van der Waals surface area contributed by atoms with Gasteiger partial charge in [-0.25, -0.2) is 22.2 Å². The van der Waals surface area contributed by atoms with Gasteiger partial charge in [0.15, 0.2) is 9.84 Å². The van der Waals surface area contributed by atoms with Gasteiger partial charge in [-0.2, -0.15) is 0 Å². The fourth-order valence-electron chi connectivity index (χ4n) is 3.24. The van der Waals surface area contributed by atoms with Crippen LogP contribution in [0.3, 0.4) is 0 Å². The van der Waals surface area contributed by atoms with Crippen molar-refractivity contribution in [3.8, 4) is 5.88 Å². The Morgan fingerprint density at radius 3 is 2.63 bits per heavy atom. The van der Waals surface area contributed by atoms with Gasteiger partial charge in [-0.05, 0) is 37.3 Å². The minimum atomic E-state index is -3.10. The average Bonchev–Trinajstić information content (AvgIpc) is 3.34. The molecule has 0 aromatic carbocycles. The highest BCUT2D eigenvalue weighted by atomic mass is 32.2. The number of alkyl halides is 2. The van der Waals surface area contributed by atoms with Crippen molar-refractivity contribution in [1.29, 1.82) is 0 Å². The van der Waals surface area contributed by atoms with E-state index in [0.29, 0.717) is 24.6 Å². The first kappa shape index (κ1) is 18.4. The fraction of sp³-hybridized carbons (Fsp3) is 0.647. The van der Waals surface area contributed by atoms with E-state index in [0.717, 1.165) is 12.8 Å². The van der Waals surface area contributed by atoms with Crippen LogP contribution in [-0.2, 0) is 9.84 Å². The third-order valence-corrected chi connectivity index (χ3v) is 6.75. The highest BCUT2D eigenvalue weighted by molar-refractivity contribution is 7.91. The molecule has 1 N–H and O–H groups in total. The molecule has 1 saturated carbocycles. The molecule has 4 rings (SSSR count). The van der Waals surface area contributed by atoms with Crippen LogP contribution in [0.4, 0.5) is 14.5 Å². The Bertz CT molecular complexity index is 850. The molecule has 0 spiro atoms. The monoisotopic (exact) mass is 401 g/mol. The largest absolute Gasteiger partial charge is 0.476 e. The molecule has 7 nitrogen and oxygen atoms in total. The summed E-state index contributed by atoms with van der Waals surface area (Å²) in [5.74, 6) is -2.62. The number of amides is 1. The van der Waals surface area contributed by atoms with Crippen molar-refractivity contribution in [3.05, 3.63) is 17.8 Å².